The zero-order valence-electron chi connectivity index (χ0n) is 11.2. The molecule has 1 N–H and O–H groups in total. The molecule has 0 atom stereocenters. The van der Waals surface area contributed by atoms with Gasteiger partial charge in [0.25, 0.3) is 0 Å². The van der Waals surface area contributed by atoms with Gasteiger partial charge in [-0.3, -0.25) is 0 Å². The molecular weight excluding hydrogens is 270 g/mol. The molecule has 20 heavy (non-hydrogen) atoms. The summed E-state index contributed by atoms with van der Waals surface area (Å²) in [5.41, 5.74) is 0.941. The van der Waals surface area contributed by atoms with Crippen molar-refractivity contribution in [1.82, 2.24) is 14.8 Å². The normalized spacial score (nSPS) is 18.4. The third-order valence-electron chi connectivity index (χ3n) is 3.86. The van der Waals surface area contributed by atoms with Gasteiger partial charge in [0.05, 0.1) is 6.61 Å². The zero-order valence-corrected chi connectivity index (χ0v) is 12.0. The van der Waals surface area contributed by atoms with E-state index < -0.39 is 0 Å². The van der Waals surface area contributed by atoms with Gasteiger partial charge < -0.3 is 9.67 Å². The number of hydrogen-bond donors (Lipinski definition) is 1. The number of aliphatic hydroxyl groups is 1. The van der Waals surface area contributed by atoms with Crippen LogP contribution in [0.25, 0.3) is 0 Å². The van der Waals surface area contributed by atoms with E-state index in [1.165, 1.54) is 31.5 Å². The molecule has 1 aromatic carbocycles. The minimum absolute atomic E-state index is 0.0923. The number of benzene rings is 1. The van der Waals surface area contributed by atoms with Crippen LogP contribution >= 0.6 is 11.8 Å². The summed E-state index contributed by atoms with van der Waals surface area (Å²) >= 11 is 1.68. The highest BCUT2D eigenvalue weighted by Crippen LogP contribution is 2.46. The summed E-state index contributed by atoms with van der Waals surface area (Å²) in [6, 6.07) is 8.63. The van der Waals surface area contributed by atoms with E-state index in [2.05, 4.69) is 14.8 Å². The maximum absolute atomic E-state index is 9.08. The molecule has 1 heterocycles. The number of hydrogen-bond acceptors (Lipinski definition) is 4. The molecule has 104 valence electrons. The molecule has 1 aromatic heterocycles. The first-order chi connectivity index (χ1) is 9.85. The van der Waals surface area contributed by atoms with Crippen molar-refractivity contribution < 1.29 is 5.11 Å². The Hall–Kier alpha value is -1.33. The van der Waals surface area contributed by atoms with E-state index in [0.29, 0.717) is 12.0 Å². The molecule has 2 fully saturated rings. The monoisotopic (exact) mass is 287 g/mol. The first-order valence-corrected chi connectivity index (χ1v) is 7.99. The quantitative estimate of drug-likeness (QED) is 0.918. The fraction of sp³-hybridized carbons (Fsp3) is 0.467. The van der Waals surface area contributed by atoms with Gasteiger partial charge in [-0.05, 0) is 55.1 Å². The standard InChI is InChI=1S/C15H17N3OS/c19-9-10-1-7-13(8-2-10)20-15-17-16-14(11-3-4-11)18(15)12-5-6-12/h1-2,7-8,11-12,19H,3-6,9H2. The van der Waals surface area contributed by atoms with Gasteiger partial charge in [0.2, 0.25) is 0 Å². The van der Waals surface area contributed by atoms with Gasteiger partial charge in [0, 0.05) is 16.9 Å². The lowest BCUT2D eigenvalue weighted by molar-refractivity contribution is 0.282. The molecule has 4 nitrogen and oxygen atoms in total. The molecule has 2 aromatic rings. The van der Waals surface area contributed by atoms with Crippen LogP contribution in [-0.2, 0) is 6.61 Å². The van der Waals surface area contributed by atoms with Gasteiger partial charge in [0.15, 0.2) is 5.16 Å². The summed E-state index contributed by atoms with van der Waals surface area (Å²) in [5, 5.41) is 18.9. The van der Waals surface area contributed by atoms with Crippen LogP contribution in [-0.4, -0.2) is 19.9 Å². The molecule has 0 amide bonds. The van der Waals surface area contributed by atoms with E-state index in [9.17, 15) is 0 Å². The Morgan fingerprint density at radius 3 is 2.45 bits per heavy atom. The average Bonchev–Trinajstić information content (AvgIpc) is 3.39. The van der Waals surface area contributed by atoms with E-state index in [1.54, 1.807) is 11.8 Å². The predicted octanol–water partition coefficient (Wildman–Crippen LogP) is 3.13. The Morgan fingerprint density at radius 1 is 1.10 bits per heavy atom. The van der Waals surface area contributed by atoms with Gasteiger partial charge in [-0.2, -0.15) is 0 Å². The van der Waals surface area contributed by atoms with Crippen molar-refractivity contribution in [2.24, 2.45) is 0 Å². The highest BCUT2D eigenvalue weighted by atomic mass is 32.2. The molecule has 0 bridgehead atoms. The lowest BCUT2D eigenvalue weighted by Gasteiger charge is -2.08. The smallest absolute Gasteiger partial charge is 0.196 e. The zero-order chi connectivity index (χ0) is 13.5. The molecule has 4 rings (SSSR count). The molecule has 2 aliphatic carbocycles. The Balaban J connectivity index is 1.61. The second-order valence-electron chi connectivity index (χ2n) is 5.62. The van der Waals surface area contributed by atoms with Crippen molar-refractivity contribution in [3.63, 3.8) is 0 Å². The molecular formula is C15H17N3OS. The minimum atomic E-state index is 0.0923. The maximum atomic E-state index is 9.08. The van der Waals surface area contributed by atoms with Crippen LogP contribution in [0, 0.1) is 0 Å². The second-order valence-corrected chi connectivity index (χ2v) is 6.66. The maximum Gasteiger partial charge on any atom is 0.196 e. The third kappa shape index (κ3) is 2.36. The average molecular weight is 287 g/mol. The SMILES string of the molecule is OCc1ccc(Sc2nnc(C3CC3)n2C2CC2)cc1. The summed E-state index contributed by atoms with van der Waals surface area (Å²) in [6.45, 7) is 0.0923. The first-order valence-electron chi connectivity index (χ1n) is 7.17. The Bertz CT molecular complexity index is 615. The molecule has 0 aliphatic heterocycles. The fourth-order valence-electron chi connectivity index (χ4n) is 2.42. The van der Waals surface area contributed by atoms with Crippen molar-refractivity contribution in [3.8, 4) is 0 Å². The van der Waals surface area contributed by atoms with E-state index in [-0.39, 0.29) is 6.61 Å². The molecule has 0 spiro atoms. The van der Waals surface area contributed by atoms with Crippen LogP contribution in [0.2, 0.25) is 0 Å². The van der Waals surface area contributed by atoms with Crippen molar-refractivity contribution in [3.05, 3.63) is 35.7 Å². The fourth-order valence-corrected chi connectivity index (χ4v) is 3.33. The van der Waals surface area contributed by atoms with Crippen molar-refractivity contribution in [1.29, 1.82) is 0 Å². The summed E-state index contributed by atoms with van der Waals surface area (Å²) in [6.07, 6.45) is 5.05. The second kappa shape index (κ2) is 4.90. The lowest BCUT2D eigenvalue weighted by Crippen LogP contribution is -2.01. The number of aliphatic hydroxyl groups excluding tert-OH is 1. The summed E-state index contributed by atoms with van der Waals surface area (Å²) in [7, 11) is 0. The van der Waals surface area contributed by atoms with Crippen molar-refractivity contribution >= 4 is 11.8 Å². The molecule has 5 heteroatoms. The number of nitrogens with zero attached hydrogens (tertiary/aromatic N) is 3. The van der Waals surface area contributed by atoms with E-state index in [0.717, 1.165) is 15.6 Å². The summed E-state index contributed by atoms with van der Waals surface area (Å²) in [4.78, 5) is 1.15. The minimum Gasteiger partial charge on any atom is -0.392 e. The molecule has 2 saturated carbocycles. The van der Waals surface area contributed by atoms with Gasteiger partial charge in [-0.25, -0.2) is 0 Å². The van der Waals surface area contributed by atoms with Gasteiger partial charge in [-0.15, -0.1) is 10.2 Å². The summed E-state index contributed by atoms with van der Waals surface area (Å²) < 4.78 is 2.36. The van der Waals surface area contributed by atoms with E-state index >= 15 is 0 Å². The van der Waals surface area contributed by atoms with Crippen LogP contribution in [0.5, 0.6) is 0 Å². The van der Waals surface area contributed by atoms with Crippen LogP contribution in [0.4, 0.5) is 0 Å². The molecule has 2 aliphatic rings. The van der Waals surface area contributed by atoms with Crippen LogP contribution in [0.15, 0.2) is 34.3 Å². The largest absolute Gasteiger partial charge is 0.392 e. The summed E-state index contributed by atoms with van der Waals surface area (Å²) in [5.74, 6) is 1.84. The van der Waals surface area contributed by atoms with Crippen molar-refractivity contribution in [2.45, 2.75) is 54.3 Å². The Morgan fingerprint density at radius 2 is 1.85 bits per heavy atom. The lowest BCUT2D eigenvalue weighted by atomic mass is 10.2. The van der Waals surface area contributed by atoms with Crippen molar-refractivity contribution in [2.75, 3.05) is 0 Å². The first kappa shape index (κ1) is 12.4. The number of rotatable bonds is 5. The Kier molecular flexibility index (Phi) is 3.04. The third-order valence-corrected chi connectivity index (χ3v) is 4.83. The van der Waals surface area contributed by atoms with Gasteiger partial charge in [-0.1, -0.05) is 12.1 Å². The Labute approximate surface area is 122 Å². The molecule has 0 unspecified atom stereocenters. The topological polar surface area (TPSA) is 50.9 Å². The predicted molar refractivity (Wildman–Crippen MR) is 76.8 cm³/mol. The highest BCUT2D eigenvalue weighted by molar-refractivity contribution is 7.99. The molecule has 0 saturated heterocycles. The number of aromatic nitrogens is 3. The van der Waals surface area contributed by atoms with Crippen LogP contribution in [0.3, 0.4) is 0 Å². The van der Waals surface area contributed by atoms with Crippen LogP contribution in [0.1, 0.15) is 49.0 Å². The van der Waals surface area contributed by atoms with E-state index in [4.69, 9.17) is 5.11 Å². The van der Waals surface area contributed by atoms with Crippen LogP contribution < -0.4 is 0 Å². The highest BCUT2D eigenvalue weighted by Gasteiger charge is 2.36. The van der Waals surface area contributed by atoms with Gasteiger partial charge in [0.1, 0.15) is 5.82 Å². The van der Waals surface area contributed by atoms with E-state index in [1.807, 2.05) is 24.3 Å². The molecule has 0 radical (unpaired) electrons. The van der Waals surface area contributed by atoms with Gasteiger partial charge >= 0.3 is 0 Å².